The molecule has 0 heterocycles. The van der Waals surface area contributed by atoms with Gasteiger partial charge in [-0.15, -0.1) is 0 Å². The van der Waals surface area contributed by atoms with Crippen molar-refractivity contribution in [3.05, 3.63) is 35.9 Å². The van der Waals surface area contributed by atoms with Crippen molar-refractivity contribution in [2.24, 2.45) is 5.92 Å². The van der Waals surface area contributed by atoms with Crippen molar-refractivity contribution >= 4 is 5.97 Å². The van der Waals surface area contributed by atoms with E-state index < -0.39 is 0 Å². The Bertz CT molecular complexity index is 308. The third-order valence-corrected chi connectivity index (χ3v) is 2.41. The SMILES string of the molecule is CCCC(CO)C(=O)OCc1ccccc1. The summed E-state index contributed by atoms with van der Waals surface area (Å²) in [5.41, 5.74) is 0.962. The molecule has 16 heavy (non-hydrogen) atoms. The number of hydrogen-bond donors (Lipinski definition) is 1. The van der Waals surface area contributed by atoms with Gasteiger partial charge in [0.15, 0.2) is 0 Å². The number of rotatable bonds is 6. The molecule has 1 N–H and O–H groups in total. The molecule has 0 amide bonds. The Labute approximate surface area is 96.1 Å². The zero-order valence-corrected chi connectivity index (χ0v) is 9.56. The van der Waals surface area contributed by atoms with Gasteiger partial charge in [0, 0.05) is 0 Å². The van der Waals surface area contributed by atoms with Crippen molar-refractivity contribution in [3.8, 4) is 0 Å². The Morgan fingerprint density at radius 3 is 2.62 bits per heavy atom. The van der Waals surface area contributed by atoms with Gasteiger partial charge < -0.3 is 9.84 Å². The van der Waals surface area contributed by atoms with Crippen LogP contribution in [0.25, 0.3) is 0 Å². The molecule has 1 atom stereocenters. The molecule has 0 spiro atoms. The minimum Gasteiger partial charge on any atom is -0.461 e. The predicted molar refractivity (Wildman–Crippen MR) is 61.7 cm³/mol. The first-order chi connectivity index (χ1) is 7.77. The Balaban J connectivity index is 2.40. The van der Waals surface area contributed by atoms with Gasteiger partial charge in [-0.1, -0.05) is 43.7 Å². The lowest BCUT2D eigenvalue weighted by Gasteiger charge is -2.12. The van der Waals surface area contributed by atoms with Crippen molar-refractivity contribution in [2.45, 2.75) is 26.4 Å². The first kappa shape index (κ1) is 12.7. The first-order valence-electron chi connectivity index (χ1n) is 5.59. The summed E-state index contributed by atoms with van der Waals surface area (Å²) < 4.78 is 5.13. The molecule has 88 valence electrons. The number of hydrogen-bond acceptors (Lipinski definition) is 3. The molecule has 3 nitrogen and oxygen atoms in total. The van der Waals surface area contributed by atoms with E-state index in [9.17, 15) is 4.79 Å². The Kier molecular flexibility index (Phi) is 5.57. The lowest BCUT2D eigenvalue weighted by atomic mass is 10.1. The van der Waals surface area contributed by atoms with E-state index in [1.54, 1.807) is 0 Å². The van der Waals surface area contributed by atoms with Crippen LogP contribution in [0.5, 0.6) is 0 Å². The van der Waals surface area contributed by atoms with Crippen molar-refractivity contribution in [3.63, 3.8) is 0 Å². The fourth-order valence-electron chi connectivity index (χ4n) is 1.48. The molecular formula is C13H18O3. The molecule has 1 aromatic carbocycles. The third-order valence-electron chi connectivity index (χ3n) is 2.41. The normalized spacial score (nSPS) is 12.1. The lowest BCUT2D eigenvalue weighted by molar-refractivity contribution is -0.151. The lowest BCUT2D eigenvalue weighted by Crippen LogP contribution is -2.20. The van der Waals surface area contributed by atoms with E-state index in [4.69, 9.17) is 9.84 Å². The highest BCUT2D eigenvalue weighted by Gasteiger charge is 2.17. The zero-order chi connectivity index (χ0) is 11.8. The molecule has 1 aromatic rings. The topological polar surface area (TPSA) is 46.5 Å². The highest BCUT2D eigenvalue weighted by molar-refractivity contribution is 5.72. The van der Waals surface area contributed by atoms with Gasteiger partial charge in [0.2, 0.25) is 0 Å². The maximum absolute atomic E-state index is 11.6. The Hall–Kier alpha value is -1.35. The smallest absolute Gasteiger partial charge is 0.311 e. The van der Waals surface area contributed by atoms with Gasteiger partial charge in [0.25, 0.3) is 0 Å². The maximum Gasteiger partial charge on any atom is 0.311 e. The standard InChI is InChI=1S/C13H18O3/c1-2-6-12(9-14)13(15)16-10-11-7-4-3-5-8-11/h3-5,7-8,12,14H,2,6,9-10H2,1H3. The summed E-state index contributed by atoms with van der Waals surface area (Å²) in [6, 6.07) is 9.53. The van der Waals surface area contributed by atoms with E-state index >= 15 is 0 Å². The van der Waals surface area contributed by atoms with Gasteiger partial charge in [0.1, 0.15) is 6.61 Å². The average Bonchev–Trinajstić information content (AvgIpc) is 2.34. The van der Waals surface area contributed by atoms with Crippen LogP contribution in [0.2, 0.25) is 0 Å². The fourth-order valence-corrected chi connectivity index (χ4v) is 1.48. The van der Waals surface area contributed by atoms with Crippen molar-refractivity contribution < 1.29 is 14.6 Å². The van der Waals surface area contributed by atoms with Crippen LogP contribution in [0.3, 0.4) is 0 Å². The van der Waals surface area contributed by atoms with Crippen LogP contribution in [0, 0.1) is 5.92 Å². The van der Waals surface area contributed by atoms with Gasteiger partial charge >= 0.3 is 5.97 Å². The number of aliphatic hydroxyl groups is 1. The summed E-state index contributed by atoms with van der Waals surface area (Å²) in [6.07, 6.45) is 1.54. The summed E-state index contributed by atoms with van der Waals surface area (Å²) in [4.78, 5) is 11.6. The minimum absolute atomic E-state index is 0.137. The summed E-state index contributed by atoms with van der Waals surface area (Å²) in [5, 5.41) is 9.02. The molecule has 0 radical (unpaired) electrons. The van der Waals surface area contributed by atoms with Gasteiger partial charge in [-0.2, -0.15) is 0 Å². The van der Waals surface area contributed by atoms with Crippen LogP contribution in [-0.2, 0) is 16.1 Å². The molecule has 1 rings (SSSR count). The van der Waals surface area contributed by atoms with Gasteiger partial charge in [0.05, 0.1) is 12.5 Å². The number of aliphatic hydroxyl groups excluding tert-OH is 1. The molecule has 0 aromatic heterocycles. The van der Waals surface area contributed by atoms with Crippen LogP contribution in [0.4, 0.5) is 0 Å². The monoisotopic (exact) mass is 222 g/mol. The van der Waals surface area contributed by atoms with Crippen LogP contribution in [-0.4, -0.2) is 17.7 Å². The largest absolute Gasteiger partial charge is 0.461 e. The van der Waals surface area contributed by atoms with E-state index in [-0.39, 0.29) is 25.1 Å². The minimum atomic E-state index is -0.381. The molecule has 0 saturated heterocycles. The van der Waals surface area contributed by atoms with Crippen LogP contribution < -0.4 is 0 Å². The third kappa shape index (κ3) is 4.03. The molecule has 0 aliphatic rings. The van der Waals surface area contributed by atoms with Gasteiger partial charge in [-0.05, 0) is 12.0 Å². The van der Waals surface area contributed by atoms with Gasteiger partial charge in [-0.25, -0.2) is 0 Å². The zero-order valence-electron chi connectivity index (χ0n) is 9.56. The highest BCUT2D eigenvalue weighted by Crippen LogP contribution is 2.09. The molecule has 0 aliphatic carbocycles. The molecule has 0 fully saturated rings. The molecule has 0 saturated carbocycles. The van der Waals surface area contributed by atoms with Crippen molar-refractivity contribution in [1.29, 1.82) is 0 Å². The second kappa shape index (κ2) is 7.01. The van der Waals surface area contributed by atoms with Crippen molar-refractivity contribution in [1.82, 2.24) is 0 Å². The quantitative estimate of drug-likeness (QED) is 0.750. The molecule has 0 bridgehead atoms. The second-order valence-electron chi connectivity index (χ2n) is 3.76. The molecule has 0 aliphatic heterocycles. The summed E-state index contributed by atoms with van der Waals surface area (Å²) in [7, 11) is 0. The van der Waals surface area contributed by atoms with E-state index in [0.29, 0.717) is 6.42 Å². The summed E-state index contributed by atoms with van der Waals surface area (Å²) in [5.74, 6) is -0.693. The number of ether oxygens (including phenoxy) is 1. The number of benzene rings is 1. The second-order valence-corrected chi connectivity index (χ2v) is 3.76. The van der Waals surface area contributed by atoms with E-state index in [1.807, 2.05) is 37.3 Å². The average molecular weight is 222 g/mol. The number of esters is 1. The van der Waals surface area contributed by atoms with Crippen LogP contribution in [0.15, 0.2) is 30.3 Å². The highest BCUT2D eigenvalue weighted by atomic mass is 16.5. The van der Waals surface area contributed by atoms with Crippen molar-refractivity contribution in [2.75, 3.05) is 6.61 Å². The first-order valence-corrected chi connectivity index (χ1v) is 5.59. The predicted octanol–water partition coefficient (Wildman–Crippen LogP) is 2.14. The number of carbonyl (C=O) groups excluding carboxylic acids is 1. The Morgan fingerprint density at radius 1 is 1.38 bits per heavy atom. The van der Waals surface area contributed by atoms with Crippen LogP contribution >= 0.6 is 0 Å². The van der Waals surface area contributed by atoms with E-state index in [1.165, 1.54) is 0 Å². The van der Waals surface area contributed by atoms with Gasteiger partial charge in [-0.3, -0.25) is 4.79 Å². The van der Waals surface area contributed by atoms with Crippen LogP contribution in [0.1, 0.15) is 25.3 Å². The molecular weight excluding hydrogens is 204 g/mol. The number of carbonyl (C=O) groups is 1. The maximum atomic E-state index is 11.6. The summed E-state index contributed by atoms with van der Waals surface area (Å²) >= 11 is 0. The molecule has 3 heteroatoms. The Morgan fingerprint density at radius 2 is 2.06 bits per heavy atom. The summed E-state index contributed by atoms with van der Waals surface area (Å²) in [6.45, 7) is 2.12. The van der Waals surface area contributed by atoms with E-state index in [0.717, 1.165) is 12.0 Å². The molecule has 1 unspecified atom stereocenters. The fraction of sp³-hybridized carbons (Fsp3) is 0.462. The van der Waals surface area contributed by atoms with E-state index in [2.05, 4.69) is 0 Å².